The molecule has 0 unspecified atom stereocenters. The molecule has 5 nitrogen and oxygen atoms in total. The molecule has 6 heteroatoms. The maximum atomic E-state index is 12.3. The summed E-state index contributed by atoms with van der Waals surface area (Å²) in [4.78, 5) is 2.66. The van der Waals surface area contributed by atoms with Crippen LogP contribution in [-0.4, -0.2) is 46.1 Å². The predicted molar refractivity (Wildman–Crippen MR) is 81.1 cm³/mol. The number of nitrogens with zero attached hydrogens (tertiary/aromatic N) is 1. The quantitative estimate of drug-likeness (QED) is 0.893. The number of piperidine rings is 1. The first kappa shape index (κ1) is 14.8. The van der Waals surface area contributed by atoms with Crippen molar-refractivity contribution in [2.45, 2.75) is 30.6 Å². The van der Waals surface area contributed by atoms with Crippen molar-refractivity contribution in [1.29, 1.82) is 0 Å². The lowest BCUT2D eigenvalue weighted by atomic mass is 10.1. The van der Waals surface area contributed by atoms with Gasteiger partial charge in [-0.05, 0) is 49.7 Å². The van der Waals surface area contributed by atoms with Gasteiger partial charge in [0.05, 0.1) is 11.5 Å². The average molecular weight is 310 g/mol. The van der Waals surface area contributed by atoms with Gasteiger partial charge in [-0.25, -0.2) is 13.1 Å². The number of rotatable bonds is 5. The zero-order valence-corrected chi connectivity index (χ0v) is 13.0. The van der Waals surface area contributed by atoms with Crippen LogP contribution in [0.25, 0.3) is 0 Å². The van der Waals surface area contributed by atoms with E-state index in [-0.39, 0.29) is 0 Å². The Morgan fingerprint density at radius 2 is 2.00 bits per heavy atom. The van der Waals surface area contributed by atoms with E-state index < -0.39 is 10.0 Å². The minimum Gasteiger partial charge on any atom is -0.493 e. The molecule has 1 aromatic carbocycles. The summed E-state index contributed by atoms with van der Waals surface area (Å²) in [5.41, 5.74) is 0.980. The minimum atomic E-state index is -3.41. The molecule has 0 aliphatic carbocycles. The smallest absolute Gasteiger partial charge is 0.240 e. The van der Waals surface area contributed by atoms with Crippen molar-refractivity contribution < 1.29 is 13.2 Å². The third-order valence-corrected chi connectivity index (χ3v) is 5.60. The maximum absolute atomic E-state index is 12.3. The van der Waals surface area contributed by atoms with E-state index in [1.54, 1.807) is 18.2 Å². The first-order chi connectivity index (χ1) is 10.1. The second kappa shape index (κ2) is 6.34. The van der Waals surface area contributed by atoms with Gasteiger partial charge in [-0.1, -0.05) is 6.42 Å². The van der Waals surface area contributed by atoms with Crippen LogP contribution in [0.2, 0.25) is 0 Å². The van der Waals surface area contributed by atoms with Crippen molar-refractivity contribution in [3.63, 3.8) is 0 Å². The summed E-state index contributed by atoms with van der Waals surface area (Å²) in [5, 5.41) is 0. The van der Waals surface area contributed by atoms with Crippen LogP contribution in [-0.2, 0) is 16.4 Å². The number of hydrogen-bond donors (Lipinski definition) is 1. The van der Waals surface area contributed by atoms with Gasteiger partial charge in [0, 0.05) is 19.5 Å². The Kier molecular flexibility index (Phi) is 4.47. The van der Waals surface area contributed by atoms with Crippen LogP contribution in [0.3, 0.4) is 0 Å². The van der Waals surface area contributed by atoms with Gasteiger partial charge < -0.3 is 9.64 Å². The molecule has 2 heterocycles. The van der Waals surface area contributed by atoms with E-state index in [1.807, 2.05) is 0 Å². The minimum absolute atomic E-state index is 0.338. The molecule has 21 heavy (non-hydrogen) atoms. The summed E-state index contributed by atoms with van der Waals surface area (Å²) in [5.74, 6) is 0.808. The highest BCUT2D eigenvalue weighted by Crippen LogP contribution is 2.27. The molecule has 2 aliphatic heterocycles. The number of likely N-dealkylation sites (tertiary alicyclic amines) is 1. The van der Waals surface area contributed by atoms with Gasteiger partial charge >= 0.3 is 0 Å². The van der Waals surface area contributed by atoms with Crippen LogP contribution < -0.4 is 9.46 Å². The summed E-state index contributed by atoms with van der Waals surface area (Å²) in [6, 6.07) is 5.10. The van der Waals surface area contributed by atoms with Gasteiger partial charge in [0.25, 0.3) is 0 Å². The van der Waals surface area contributed by atoms with E-state index in [1.165, 1.54) is 19.3 Å². The van der Waals surface area contributed by atoms with Crippen molar-refractivity contribution in [2.75, 3.05) is 32.8 Å². The van der Waals surface area contributed by atoms with Crippen LogP contribution in [0.4, 0.5) is 0 Å². The van der Waals surface area contributed by atoms with Crippen LogP contribution in [0.5, 0.6) is 5.75 Å². The van der Waals surface area contributed by atoms with Crippen molar-refractivity contribution in [3.05, 3.63) is 23.8 Å². The fourth-order valence-corrected chi connectivity index (χ4v) is 4.01. The third-order valence-electron chi connectivity index (χ3n) is 4.14. The Labute approximate surface area is 126 Å². The van der Waals surface area contributed by atoms with Crippen LogP contribution in [0.15, 0.2) is 23.1 Å². The highest BCUT2D eigenvalue weighted by molar-refractivity contribution is 7.89. The van der Waals surface area contributed by atoms with Gasteiger partial charge in [-0.3, -0.25) is 0 Å². The summed E-state index contributed by atoms with van der Waals surface area (Å²) in [6.07, 6.45) is 4.51. The maximum Gasteiger partial charge on any atom is 0.240 e. The Bertz CT molecular complexity index is 595. The van der Waals surface area contributed by atoms with Gasteiger partial charge in [0.2, 0.25) is 10.0 Å². The SMILES string of the molecule is O=S(=O)(NCCN1CCCCC1)c1ccc2c(c1)CCO2. The lowest BCUT2D eigenvalue weighted by molar-refractivity contribution is 0.233. The fraction of sp³-hybridized carbons (Fsp3) is 0.600. The van der Waals surface area contributed by atoms with Gasteiger partial charge in [-0.15, -0.1) is 0 Å². The van der Waals surface area contributed by atoms with Crippen molar-refractivity contribution in [1.82, 2.24) is 9.62 Å². The van der Waals surface area contributed by atoms with E-state index in [0.717, 1.165) is 37.4 Å². The van der Waals surface area contributed by atoms with Crippen LogP contribution >= 0.6 is 0 Å². The van der Waals surface area contributed by atoms with E-state index in [2.05, 4.69) is 9.62 Å². The summed E-state index contributed by atoms with van der Waals surface area (Å²) in [7, 11) is -3.41. The molecule has 0 spiro atoms. The number of ether oxygens (including phenoxy) is 1. The summed E-state index contributed by atoms with van der Waals surface area (Å²) >= 11 is 0. The molecule has 3 rings (SSSR count). The van der Waals surface area contributed by atoms with E-state index in [0.29, 0.717) is 18.0 Å². The standard InChI is InChI=1S/C15H22N2O3S/c18-21(19,16-7-10-17-8-2-1-3-9-17)14-4-5-15-13(12-14)6-11-20-15/h4-5,12,16H,1-3,6-11H2. The Morgan fingerprint density at radius 1 is 1.19 bits per heavy atom. The number of fused-ring (bicyclic) bond motifs is 1. The monoisotopic (exact) mass is 310 g/mol. The molecule has 116 valence electrons. The Morgan fingerprint density at radius 3 is 2.81 bits per heavy atom. The predicted octanol–water partition coefficient (Wildman–Crippen LogP) is 1.39. The number of benzene rings is 1. The Hall–Kier alpha value is -1.11. The van der Waals surface area contributed by atoms with Crippen molar-refractivity contribution >= 4 is 10.0 Å². The zero-order valence-electron chi connectivity index (χ0n) is 12.2. The first-order valence-electron chi connectivity index (χ1n) is 7.63. The molecule has 0 aromatic heterocycles. The van der Waals surface area contributed by atoms with Crippen LogP contribution in [0, 0.1) is 0 Å². The zero-order chi connectivity index (χ0) is 14.7. The second-order valence-corrected chi connectivity index (χ2v) is 7.44. The Balaban J connectivity index is 1.58. The highest BCUT2D eigenvalue weighted by atomic mass is 32.2. The number of nitrogens with one attached hydrogen (secondary N) is 1. The largest absolute Gasteiger partial charge is 0.493 e. The van der Waals surface area contributed by atoms with Crippen LogP contribution in [0.1, 0.15) is 24.8 Å². The lowest BCUT2D eigenvalue weighted by Crippen LogP contribution is -2.37. The molecule has 2 aliphatic rings. The lowest BCUT2D eigenvalue weighted by Gasteiger charge is -2.26. The molecule has 0 atom stereocenters. The number of sulfonamides is 1. The summed E-state index contributed by atoms with van der Waals surface area (Å²) in [6.45, 7) is 4.06. The average Bonchev–Trinajstić information content (AvgIpc) is 2.95. The molecule has 1 N–H and O–H groups in total. The molecule has 1 fully saturated rings. The van der Waals surface area contributed by atoms with Gasteiger partial charge in [-0.2, -0.15) is 0 Å². The molecular formula is C15H22N2O3S. The van der Waals surface area contributed by atoms with E-state index >= 15 is 0 Å². The first-order valence-corrected chi connectivity index (χ1v) is 9.11. The van der Waals surface area contributed by atoms with E-state index in [9.17, 15) is 8.42 Å². The van der Waals surface area contributed by atoms with E-state index in [4.69, 9.17) is 4.74 Å². The highest BCUT2D eigenvalue weighted by Gasteiger charge is 2.19. The van der Waals surface area contributed by atoms with Gasteiger partial charge in [0.15, 0.2) is 0 Å². The van der Waals surface area contributed by atoms with Crippen molar-refractivity contribution in [3.8, 4) is 5.75 Å². The molecular weight excluding hydrogens is 288 g/mol. The molecule has 0 bridgehead atoms. The topological polar surface area (TPSA) is 58.6 Å². The second-order valence-electron chi connectivity index (χ2n) is 5.67. The summed E-state index contributed by atoms with van der Waals surface area (Å²) < 4.78 is 32.7. The molecule has 0 radical (unpaired) electrons. The third kappa shape index (κ3) is 3.56. The molecule has 0 amide bonds. The molecule has 1 aromatic rings. The number of hydrogen-bond acceptors (Lipinski definition) is 4. The van der Waals surface area contributed by atoms with Crippen molar-refractivity contribution in [2.24, 2.45) is 0 Å². The normalized spacial score (nSPS) is 19.2. The molecule has 1 saturated heterocycles. The molecule has 0 saturated carbocycles. The van der Waals surface area contributed by atoms with Gasteiger partial charge in [0.1, 0.15) is 5.75 Å². The fourth-order valence-electron chi connectivity index (χ4n) is 2.93.